The van der Waals surface area contributed by atoms with Crippen LogP contribution in [0.5, 0.6) is 0 Å². The molecule has 0 aliphatic carbocycles. The third-order valence-electron chi connectivity index (χ3n) is 3.87. The second kappa shape index (κ2) is 7.36. The van der Waals surface area contributed by atoms with Gasteiger partial charge in [-0.25, -0.2) is 0 Å². The zero-order valence-corrected chi connectivity index (χ0v) is 15.2. The zero-order chi connectivity index (χ0) is 17.1. The molecule has 2 rings (SSSR count). The highest BCUT2D eigenvalue weighted by molar-refractivity contribution is 6.31. The summed E-state index contributed by atoms with van der Waals surface area (Å²) in [6.07, 6.45) is 2.32. The zero-order valence-electron chi connectivity index (χ0n) is 13.7. The van der Waals surface area contributed by atoms with Gasteiger partial charge in [-0.3, -0.25) is 14.2 Å². The van der Waals surface area contributed by atoms with E-state index in [-0.39, 0.29) is 5.91 Å². The molecule has 0 aliphatic heterocycles. The van der Waals surface area contributed by atoms with Crippen LogP contribution in [0.4, 0.5) is 0 Å². The number of carbonyl (C=O) groups excluding carboxylic acids is 1. The highest BCUT2D eigenvalue weighted by Gasteiger charge is 2.18. The Morgan fingerprint density at radius 2 is 2.00 bits per heavy atom. The van der Waals surface area contributed by atoms with E-state index in [1.54, 1.807) is 17.8 Å². The molecule has 0 aliphatic rings. The Morgan fingerprint density at radius 3 is 2.52 bits per heavy atom. The van der Waals surface area contributed by atoms with Crippen LogP contribution in [0.25, 0.3) is 0 Å². The Morgan fingerprint density at radius 1 is 1.30 bits per heavy atom. The van der Waals surface area contributed by atoms with Crippen LogP contribution in [0.15, 0.2) is 6.20 Å². The van der Waals surface area contributed by atoms with E-state index in [1.807, 2.05) is 25.5 Å². The molecule has 1 N–H and O–H groups in total. The van der Waals surface area contributed by atoms with Crippen LogP contribution in [0, 0.1) is 20.8 Å². The molecule has 6 nitrogen and oxygen atoms in total. The SMILES string of the molecule is Cc1nn(CCCNC(=O)C(C)n2ncc(Cl)c2C)c(C)c1Cl. The van der Waals surface area contributed by atoms with Crippen molar-refractivity contribution >= 4 is 29.1 Å². The number of amides is 1. The van der Waals surface area contributed by atoms with Crippen LogP contribution in [0.1, 0.15) is 36.5 Å². The van der Waals surface area contributed by atoms with Crippen LogP contribution in [-0.4, -0.2) is 32.0 Å². The topological polar surface area (TPSA) is 64.7 Å². The minimum Gasteiger partial charge on any atom is -0.354 e. The molecule has 2 aromatic heterocycles. The first-order valence-electron chi connectivity index (χ1n) is 7.49. The van der Waals surface area contributed by atoms with Crippen LogP contribution < -0.4 is 5.32 Å². The first-order valence-corrected chi connectivity index (χ1v) is 8.25. The fourth-order valence-corrected chi connectivity index (χ4v) is 2.65. The summed E-state index contributed by atoms with van der Waals surface area (Å²) in [5.74, 6) is -0.0840. The maximum Gasteiger partial charge on any atom is 0.244 e. The van der Waals surface area contributed by atoms with E-state index in [0.29, 0.717) is 23.1 Å². The second-order valence-electron chi connectivity index (χ2n) is 5.55. The molecule has 0 radical (unpaired) electrons. The lowest BCUT2D eigenvalue weighted by Gasteiger charge is -2.14. The minimum atomic E-state index is -0.398. The fraction of sp³-hybridized carbons (Fsp3) is 0.533. The Balaban J connectivity index is 1.83. The molecule has 0 bridgehead atoms. The van der Waals surface area contributed by atoms with Gasteiger partial charge in [0.25, 0.3) is 0 Å². The molecule has 0 saturated heterocycles. The van der Waals surface area contributed by atoms with Gasteiger partial charge in [-0.15, -0.1) is 0 Å². The number of halogens is 2. The summed E-state index contributed by atoms with van der Waals surface area (Å²) >= 11 is 12.1. The number of nitrogens with one attached hydrogen (secondary N) is 1. The monoisotopic (exact) mass is 357 g/mol. The molecule has 0 saturated carbocycles. The highest BCUT2D eigenvalue weighted by atomic mass is 35.5. The van der Waals surface area contributed by atoms with Gasteiger partial charge in [-0.05, 0) is 34.1 Å². The standard InChI is InChI=1S/C15H21Cl2N5O/c1-9-14(17)11(3)21(20-9)7-5-6-18-15(23)12(4)22-10(2)13(16)8-19-22/h8,12H,5-7H2,1-4H3,(H,18,23). The van der Waals surface area contributed by atoms with E-state index < -0.39 is 6.04 Å². The maximum absolute atomic E-state index is 12.2. The largest absolute Gasteiger partial charge is 0.354 e. The second-order valence-corrected chi connectivity index (χ2v) is 6.34. The molecule has 0 aromatic carbocycles. The van der Waals surface area contributed by atoms with Gasteiger partial charge >= 0.3 is 0 Å². The molecule has 1 unspecified atom stereocenters. The van der Waals surface area contributed by atoms with Crippen LogP contribution in [0.3, 0.4) is 0 Å². The first kappa shape index (κ1) is 17.8. The molecule has 0 spiro atoms. The average molecular weight is 358 g/mol. The van der Waals surface area contributed by atoms with E-state index in [0.717, 1.165) is 23.5 Å². The summed E-state index contributed by atoms with van der Waals surface area (Å²) in [6.45, 7) is 8.73. The van der Waals surface area contributed by atoms with E-state index >= 15 is 0 Å². The van der Waals surface area contributed by atoms with Crippen LogP contribution in [0.2, 0.25) is 10.0 Å². The average Bonchev–Trinajstić information content (AvgIpc) is 2.98. The number of aromatic nitrogens is 4. The van der Waals surface area contributed by atoms with E-state index in [2.05, 4.69) is 15.5 Å². The lowest BCUT2D eigenvalue weighted by molar-refractivity contribution is -0.124. The number of nitrogens with zero attached hydrogens (tertiary/aromatic N) is 4. The number of hydrogen-bond acceptors (Lipinski definition) is 3. The predicted molar refractivity (Wildman–Crippen MR) is 91.0 cm³/mol. The molecular weight excluding hydrogens is 337 g/mol. The van der Waals surface area contributed by atoms with Crippen molar-refractivity contribution in [1.82, 2.24) is 24.9 Å². The van der Waals surface area contributed by atoms with E-state index in [1.165, 1.54) is 0 Å². The van der Waals surface area contributed by atoms with Crippen molar-refractivity contribution in [3.63, 3.8) is 0 Å². The number of rotatable bonds is 6. The molecule has 2 heterocycles. The van der Waals surface area contributed by atoms with Crippen molar-refractivity contribution in [1.29, 1.82) is 0 Å². The highest BCUT2D eigenvalue weighted by Crippen LogP contribution is 2.19. The Kier molecular flexibility index (Phi) is 5.70. The lowest BCUT2D eigenvalue weighted by atomic mass is 10.3. The van der Waals surface area contributed by atoms with Crippen molar-refractivity contribution in [3.8, 4) is 0 Å². The van der Waals surface area contributed by atoms with Crippen molar-refractivity contribution in [2.24, 2.45) is 0 Å². The maximum atomic E-state index is 12.2. The summed E-state index contributed by atoms with van der Waals surface area (Å²) in [5, 5.41) is 12.7. The fourth-order valence-electron chi connectivity index (χ4n) is 2.38. The summed E-state index contributed by atoms with van der Waals surface area (Å²) in [5.41, 5.74) is 2.56. The van der Waals surface area contributed by atoms with Gasteiger partial charge in [0.15, 0.2) is 0 Å². The molecule has 126 valence electrons. The Bertz CT molecular complexity index is 707. The summed E-state index contributed by atoms with van der Waals surface area (Å²) < 4.78 is 3.49. The van der Waals surface area contributed by atoms with Crippen molar-refractivity contribution < 1.29 is 4.79 Å². The normalized spacial score (nSPS) is 12.4. The lowest BCUT2D eigenvalue weighted by Crippen LogP contribution is -2.33. The van der Waals surface area contributed by atoms with Crippen molar-refractivity contribution in [2.75, 3.05) is 6.54 Å². The molecule has 1 atom stereocenters. The van der Waals surface area contributed by atoms with Crippen LogP contribution >= 0.6 is 23.2 Å². The molecular formula is C15H21Cl2N5O. The van der Waals surface area contributed by atoms with Crippen molar-refractivity contribution in [2.45, 2.75) is 46.7 Å². The summed E-state index contributed by atoms with van der Waals surface area (Å²) in [6, 6.07) is -0.398. The molecule has 2 aromatic rings. The number of aryl methyl sites for hydroxylation is 2. The molecule has 0 fully saturated rings. The first-order chi connectivity index (χ1) is 10.8. The molecule has 1 amide bonds. The van der Waals surface area contributed by atoms with Gasteiger partial charge in [0, 0.05) is 13.1 Å². The smallest absolute Gasteiger partial charge is 0.244 e. The van der Waals surface area contributed by atoms with Gasteiger partial charge in [-0.2, -0.15) is 10.2 Å². The van der Waals surface area contributed by atoms with Gasteiger partial charge in [0.05, 0.1) is 33.3 Å². The van der Waals surface area contributed by atoms with Gasteiger partial charge < -0.3 is 5.32 Å². The number of hydrogen-bond donors (Lipinski definition) is 1. The van der Waals surface area contributed by atoms with E-state index in [9.17, 15) is 4.79 Å². The van der Waals surface area contributed by atoms with Gasteiger partial charge in [-0.1, -0.05) is 23.2 Å². The summed E-state index contributed by atoms with van der Waals surface area (Å²) in [7, 11) is 0. The molecule has 23 heavy (non-hydrogen) atoms. The minimum absolute atomic E-state index is 0.0840. The van der Waals surface area contributed by atoms with Crippen molar-refractivity contribution in [3.05, 3.63) is 33.3 Å². The van der Waals surface area contributed by atoms with Gasteiger partial charge in [0.1, 0.15) is 6.04 Å². The quantitative estimate of drug-likeness (QED) is 0.807. The predicted octanol–water partition coefficient (Wildman–Crippen LogP) is 3.08. The summed E-state index contributed by atoms with van der Waals surface area (Å²) in [4.78, 5) is 12.2. The Labute approximate surface area is 145 Å². The number of carbonyl (C=O) groups is 1. The van der Waals surface area contributed by atoms with Gasteiger partial charge in [0.2, 0.25) is 5.91 Å². The third-order valence-corrected chi connectivity index (χ3v) is 4.79. The Hall–Kier alpha value is -1.53. The van der Waals surface area contributed by atoms with Crippen LogP contribution in [-0.2, 0) is 11.3 Å². The third kappa shape index (κ3) is 3.87. The van der Waals surface area contributed by atoms with E-state index in [4.69, 9.17) is 23.2 Å². The molecule has 8 heteroatoms.